The number of hydrogen-bond acceptors (Lipinski definition) is 7. The molecule has 0 unspecified atom stereocenters. The van der Waals surface area contributed by atoms with Crippen molar-refractivity contribution in [3.8, 4) is 11.5 Å². The van der Waals surface area contributed by atoms with Gasteiger partial charge in [0.1, 0.15) is 18.1 Å². The normalized spacial score (nSPS) is 12.4. The minimum absolute atomic E-state index is 0.0236. The van der Waals surface area contributed by atoms with Gasteiger partial charge in [0.2, 0.25) is 6.54 Å². The van der Waals surface area contributed by atoms with Crippen molar-refractivity contribution in [3.63, 3.8) is 0 Å². The molecule has 42 heavy (non-hydrogen) atoms. The number of esters is 2. The number of carbonyl (C=O) groups excluding carboxylic acids is 4. The van der Waals surface area contributed by atoms with Crippen LogP contribution in [0, 0.1) is 6.57 Å². The molecule has 3 aromatic carbocycles. The van der Waals surface area contributed by atoms with E-state index in [1.165, 1.54) is 18.2 Å². The smallest absolute Gasteiger partial charge is 0.343 e. The first-order valence-electron chi connectivity index (χ1n) is 13.3. The molecule has 212 valence electrons. The number of carbonyl (C=O) groups is 4. The van der Waals surface area contributed by atoms with Crippen LogP contribution >= 0.6 is 0 Å². The van der Waals surface area contributed by atoms with Gasteiger partial charge in [0.25, 0.3) is 11.8 Å². The van der Waals surface area contributed by atoms with Crippen molar-refractivity contribution in [2.45, 2.75) is 25.9 Å². The summed E-state index contributed by atoms with van der Waals surface area (Å²) in [6.07, 6.45) is 7.98. The second kappa shape index (κ2) is 14.8. The third kappa shape index (κ3) is 8.50. The van der Waals surface area contributed by atoms with Crippen LogP contribution in [0.1, 0.15) is 40.7 Å². The van der Waals surface area contributed by atoms with Gasteiger partial charge in [-0.2, -0.15) is 0 Å². The third-order valence-corrected chi connectivity index (χ3v) is 6.16. The first-order chi connectivity index (χ1) is 20.4. The number of hydrogen-bond donors (Lipinski definition) is 0. The summed E-state index contributed by atoms with van der Waals surface area (Å²) in [4.78, 5) is 52.6. The average Bonchev–Trinajstić information content (AvgIpc) is 3.35. The van der Waals surface area contributed by atoms with Crippen LogP contribution in [0.4, 0.5) is 5.69 Å². The number of ether oxygens (including phenoxy) is 3. The molecule has 0 saturated carbocycles. The molecule has 4 rings (SSSR count). The molecule has 9 heteroatoms. The van der Waals surface area contributed by atoms with Crippen molar-refractivity contribution in [2.24, 2.45) is 0 Å². The maximum absolute atomic E-state index is 12.5. The Balaban J connectivity index is 1.19. The average molecular weight is 565 g/mol. The van der Waals surface area contributed by atoms with Crippen molar-refractivity contribution in [3.05, 3.63) is 119 Å². The van der Waals surface area contributed by atoms with Gasteiger partial charge in [-0.3, -0.25) is 9.59 Å². The van der Waals surface area contributed by atoms with Gasteiger partial charge < -0.3 is 19.1 Å². The molecule has 1 heterocycles. The summed E-state index contributed by atoms with van der Waals surface area (Å²) in [6.45, 7) is 7.89. The van der Waals surface area contributed by atoms with E-state index in [-0.39, 0.29) is 6.61 Å². The molecule has 1 aliphatic rings. The van der Waals surface area contributed by atoms with Crippen LogP contribution in [0.3, 0.4) is 0 Å². The molecule has 0 fully saturated rings. The molecule has 0 N–H and O–H groups in total. The summed E-state index contributed by atoms with van der Waals surface area (Å²) >= 11 is 0. The van der Waals surface area contributed by atoms with Crippen molar-refractivity contribution >= 4 is 35.5 Å². The number of amides is 2. The summed E-state index contributed by atoms with van der Waals surface area (Å²) in [6, 6.07) is 20.0. The lowest BCUT2D eigenvalue weighted by Crippen LogP contribution is -2.29. The predicted molar refractivity (Wildman–Crippen MR) is 156 cm³/mol. The van der Waals surface area contributed by atoms with Crippen LogP contribution in [0.15, 0.2) is 91.0 Å². The number of imide groups is 1. The second-order valence-corrected chi connectivity index (χ2v) is 9.23. The van der Waals surface area contributed by atoms with Gasteiger partial charge in [-0.25, -0.2) is 21.1 Å². The van der Waals surface area contributed by atoms with Crippen molar-refractivity contribution in [1.29, 1.82) is 0 Å². The lowest BCUT2D eigenvalue weighted by atomic mass is 10.2. The fourth-order valence-corrected chi connectivity index (χ4v) is 3.92. The van der Waals surface area contributed by atoms with Gasteiger partial charge in [-0.1, -0.05) is 24.3 Å². The van der Waals surface area contributed by atoms with Gasteiger partial charge >= 0.3 is 11.9 Å². The molecule has 9 nitrogen and oxygen atoms in total. The minimum atomic E-state index is -0.545. The lowest BCUT2D eigenvalue weighted by Gasteiger charge is -2.14. The first kappa shape index (κ1) is 29.5. The van der Waals surface area contributed by atoms with Crippen molar-refractivity contribution in [2.75, 3.05) is 18.1 Å². The monoisotopic (exact) mass is 564 g/mol. The van der Waals surface area contributed by atoms with Crippen molar-refractivity contribution in [1.82, 2.24) is 0 Å². The Labute approximate surface area is 243 Å². The van der Waals surface area contributed by atoms with Gasteiger partial charge in [0.15, 0.2) is 0 Å². The Kier molecular flexibility index (Phi) is 10.4. The highest BCUT2D eigenvalue weighted by molar-refractivity contribution is 6.28. The second-order valence-electron chi connectivity index (χ2n) is 9.23. The number of anilines is 1. The van der Waals surface area contributed by atoms with E-state index in [2.05, 4.69) is 4.85 Å². The summed E-state index contributed by atoms with van der Waals surface area (Å²) < 4.78 is 16.4. The van der Waals surface area contributed by atoms with E-state index in [0.29, 0.717) is 47.0 Å². The summed E-state index contributed by atoms with van der Waals surface area (Å²) in [5.41, 5.74) is 2.24. The maximum Gasteiger partial charge on any atom is 0.343 e. The Morgan fingerprint density at radius 3 is 2.14 bits per heavy atom. The van der Waals surface area contributed by atoms with E-state index in [1.54, 1.807) is 78.9 Å². The molecule has 1 aliphatic heterocycles. The maximum atomic E-state index is 12.5. The summed E-state index contributed by atoms with van der Waals surface area (Å²) in [7, 11) is 0. The molecule has 0 bridgehead atoms. The van der Waals surface area contributed by atoms with Crippen LogP contribution in [-0.4, -0.2) is 36.9 Å². The van der Waals surface area contributed by atoms with Gasteiger partial charge in [-0.05, 0) is 78.6 Å². The number of benzene rings is 3. The SMILES string of the molecule is [C-]#[N+]CCCCCOc1ccc(C(=O)Oc2ccc(/C=C/C(=O)OCc3ccc(N4C(=O)C=CC4=O)cc3)cc2)cc1. The van der Waals surface area contributed by atoms with Gasteiger partial charge in [0, 0.05) is 24.6 Å². The number of nitrogens with zero attached hydrogens (tertiary/aromatic N) is 2. The molecular weight excluding hydrogens is 536 g/mol. The van der Waals surface area contributed by atoms with Crippen LogP contribution in [0.2, 0.25) is 0 Å². The lowest BCUT2D eigenvalue weighted by molar-refractivity contribution is -0.139. The number of unbranched alkanes of at least 4 members (excludes halogenated alkanes) is 2. The third-order valence-electron chi connectivity index (χ3n) is 6.16. The quantitative estimate of drug-likeness (QED) is 0.0669. The Hall–Kier alpha value is -5.49. The highest BCUT2D eigenvalue weighted by atomic mass is 16.5. The Bertz CT molecular complexity index is 1500. The van der Waals surface area contributed by atoms with Crippen LogP contribution < -0.4 is 14.4 Å². The zero-order valence-corrected chi connectivity index (χ0v) is 22.7. The van der Waals surface area contributed by atoms with Gasteiger partial charge in [0.05, 0.1) is 17.9 Å². The van der Waals surface area contributed by atoms with E-state index in [0.717, 1.165) is 24.2 Å². The largest absolute Gasteiger partial charge is 0.494 e. The molecule has 2 amide bonds. The van der Waals surface area contributed by atoms with E-state index >= 15 is 0 Å². The van der Waals surface area contributed by atoms with Gasteiger partial charge in [-0.15, -0.1) is 0 Å². The fraction of sp³-hybridized carbons (Fsp3) is 0.182. The highest BCUT2D eigenvalue weighted by Gasteiger charge is 2.24. The molecule has 0 atom stereocenters. The summed E-state index contributed by atoms with van der Waals surface area (Å²) in [5, 5.41) is 0. The van der Waals surface area contributed by atoms with E-state index in [4.69, 9.17) is 20.8 Å². The van der Waals surface area contributed by atoms with E-state index in [1.807, 2.05) is 0 Å². The Morgan fingerprint density at radius 1 is 0.810 bits per heavy atom. The first-order valence-corrected chi connectivity index (χ1v) is 13.3. The molecule has 0 spiro atoms. The molecule has 0 aliphatic carbocycles. The topological polar surface area (TPSA) is 104 Å². The number of rotatable bonds is 13. The highest BCUT2D eigenvalue weighted by Crippen LogP contribution is 2.20. The molecule has 3 aromatic rings. The fourth-order valence-electron chi connectivity index (χ4n) is 3.92. The van der Waals surface area contributed by atoms with E-state index in [9.17, 15) is 19.2 Å². The summed E-state index contributed by atoms with van der Waals surface area (Å²) in [5.74, 6) is -0.828. The van der Waals surface area contributed by atoms with Crippen LogP contribution in [-0.2, 0) is 25.7 Å². The van der Waals surface area contributed by atoms with E-state index < -0.39 is 23.8 Å². The Morgan fingerprint density at radius 2 is 1.48 bits per heavy atom. The minimum Gasteiger partial charge on any atom is -0.494 e. The zero-order chi connectivity index (χ0) is 29.7. The zero-order valence-electron chi connectivity index (χ0n) is 22.7. The van der Waals surface area contributed by atoms with Crippen LogP contribution in [0.25, 0.3) is 10.9 Å². The van der Waals surface area contributed by atoms with Crippen molar-refractivity contribution < 1.29 is 33.4 Å². The predicted octanol–water partition coefficient (Wildman–Crippen LogP) is 5.56. The molecule has 0 radical (unpaired) electrons. The molecular formula is C33H28N2O7. The van der Waals surface area contributed by atoms with Crippen LogP contribution in [0.5, 0.6) is 11.5 Å². The molecule has 0 saturated heterocycles. The standard InChI is InChI=1S/C33H28N2O7/c1-34-21-3-2-4-22-40-28-16-10-26(11-17-28)33(39)42-29-14-7-24(8-15-29)9-20-32(38)41-23-25-5-12-27(13-6-25)35-30(36)18-19-31(35)37/h5-20H,2-4,21-23H2/b20-9+. The molecule has 0 aromatic heterocycles.